The van der Waals surface area contributed by atoms with Crippen LogP contribution in [-0.2, 0) is 4.79 Å². The van der Waals surface area contributed by atoms with Gasteiger partial charge in [-0.3, -0.25) is 14.2 Å². The molecule has 2 N–H and O–H groups in total. The van der Waals surface area contributed by atoms with Crippen LogP contribution in [0.3, 0.4) is 0 Å². The summed E-state index contributed by atoms with van der Waals surface area (Å²) in [6.45, 7) is -0.187. The van der Waals surface area contributed by atoms with Gasteiger partial charge in [0.15, 0.2) is 5.16 Å². The predicted molar refractivity (Wildman–Crippen MR) is 121 cm³/mol. The van der Waals surface area contributed by atoms with Gasteiger partial charge in [-0.05, 0) is 36.8 Å². The van der Waals surface area contributed by atoms with E-state index < -0.39 is 19.2 Å². The Kier molecular flexibility index (Phi) is 8.59. The van der Waals surface area contributed by atoms with Crippen molar-refractivity contribution in [1.29, 1.82) is 5.26 Å². The zero-order valence-electron chi connectivity index (χ0n) is 18.0. The summed E-state index contributed by atoms with van der Waals surface area (Å²) in [5.74, 6) is 0.627. The third kappa shape index (κ3) is 7.02. The molecule has 0 atom stereocenters. The summed E-state index contributed by atoms with van der Waals surface area (Å²) >= 11 is 1.31. The fourth-order valence-electron chi connectivity index (χ4n) is 3.02. The van der Waals surface area contributed by atoms with Crippen LogP contribution in [0.25, 0.3) is 16.7 Å². The van der Waals surface area contributed by atoms with Crippen LogP contribution in [0.2, 0.25) is 0 Å². The number of alkyl halides is 3. The van der Waals surface area contributed by atoms with E-state index in [4.69, 9.17) is 10.00 Å². The lowest BCUT2D eigenvalue weighted by atomic mass is 10.3. The third-order valence-electron chi connectivity index (χ3n) is 4.64. The molecular weight excluding hydrogens is 471 g/mol. The molecule has 2 aromatic heterocycles. The summed E-state index contributed by atoms with van der Waals surface area (Å²) < 4.78 is 43.5. The van der Waals surface area contributed by atoms with Crippen molar-refractivity contribution in [2.45, 2.75) is 37.0 Å². The Morgan fingerprint density at radius 2 is 2.03 bits per heavy atom. The number of nitriles is 1. The second-order valence-electron chi connectivity index (χ2n) is 7.19. The van der Waals surface area contributed by atoms with Gasteiger partial charge in [0.05, 0.1) is 36.7 Å². The zero-order chi connectivity index (χ0) is 24.6. The fraction of sp³-hybridized carbons (Fsp3) is 0.364. The van der Waals surface area contributed by atoms with E-state index >= 15 is 0 Å². The molecule has 2 heterocycles. The van der Waals surface area contributed by atoms with Gasteiger partial charge in [-0.15, -0.1) is 0 Å². The highest BCUT2D eigenvalue weighted by molar-refractivity contribution is 7.99. The highest BCUT2D eigenvalue weighted by Crippen LogP contribution is 2.24. The lowest BCUT2D eigenvalue weighted by molar-refractivity contribution is -0.139. The Hall–Kier alpha value is -3.46. The second kappa shape index (κ2) is 11.6. The standard InChI is InChI=1S/C22H22F3N5O3S/c23-22(24,25)9-13-33-16-6-4-15(5-7-16)30-20(32)19-17(8-12-28-19)29-21(30)34-14-1-3-18(31)27-11-2-10-26/h4-8,12,28H,1-3,9,11,13-14H2,(H,27,31). The van der Waals surface area contributed by atoms with Gasteiger partial charge in [-0.25, -0.2) is 4.98 Å². The maximum atomic E-state index is 13.1. The van der Waals surface area contributed by atoms with Gasteiger partial charge in [-0.1, -0.05) is 11.8 Å². The van der Waals surface area contributed by atoms with E-state index in [0.29, 0.717) is 40.6 Å². The minimum atomic E-state index is -4.30. The molecule has 1 amide bonds. The highest BCUT2D eigenvalue weighted by atomic mass is 32.2. The number of nitrogens with one attached hydrogen (secondary N) is 2. The minimum absolute atomic E-state index is 0.150. The van der Waals surface area contributed by atoms with Crippen LogP contribution in [-0.4, -0.2) is 45.5 Å². The molecule has 0 aliphatic rings. The Labute approximate surface area is 197 Å². The topological polar surface area (TPSA) is 113 Å². The van der Waals surface area contributed by atoms with Crippen LogP contribution < -0.4 is 15.6 Å². The van der Waals surface area contributed by atoms with Crippen LogP contribution in [0, 0.1) is 11.3 Å². The average molecular weight is 494 g/mol. The van der Waals surface area contributed by atoms with Gasteiger partial charge >= 0.3 is 6.18 Å². The number of fused-ring (bicyclic) bond motifs is 1. The van der Waals surface area contributed by atoms with Gasteiger partial charge in [0.25, 0.3) is 5.56 Å². The van der Waals surface area contributed by atoms with Crippen molar-refractivity contribution in [3.8, 4) is 17.5 Å². The number of aromatic amines is 1. The van der Waals surface area contributed by atoms with Crippen LogP contribution in [0.15, 0.2) is 46.5 Å². The molecule has 0 bridgehead atoms. The van der Waals surface area contributed by atoms with Gasteiger partial charge in [0.1, 0.15) is 11.3 Å². The molecule has 180 valence electrons. The second-order valence-corrected chi connectivity index (χ2v) is 8.25. The van der Waals surface area contributed by atoms with Crippen molar-refractivity contribution in [3.05, 3.63) is 46.9 Å². The van der Waals surface area contributed by atoms with Crippen molar-refractivity contribution in [3.63, 3.8) is 0 Å². The number of carbonyl (C=O) groups excluding carboxylic acids is 1. The monoisotopic (exact) mass is 493 g/mol. The van der Waals surface area contributed by atoms with Gasteiger partial charge in [0, 0.05) is 24.9 Å². The van der Waals surface area contributed by atoms with E-state index in [9.17, 15) is 22.8 Å². The summed E-state index contributed by atoms with van der Waals surface area (Å²) in [5, 5.41) is 11.6. The van der Waals surface area contributed by atoms with Crippen molar-refractivity contribution in [2.24, 2.45) is 0 Å². The summed E-state index contributed by atoms with van der Waals surface area (Å²) in [6, 6.07) is 9.79. The number of carbonyl (C=O) groups is 1. The van der Waals surface area contributed by atoms with Gasteiger partial charge < -0.3 is 15.0 Å². The van der Waals surface area contributed by atoms with E-state index in [-0.39, 0.29) is 30.1 Å². The normalized spacial score (nSPS) is 11.4. The third-order valence-corrected chi connectivity index (χ3v) is 5.66. The molecule has 12 heteroatoms. The quantitative estimate of drug-likeness (QED) is 0.238. The van der Waals surface area contributed by atoms with Crippen LogP contribution in [0.1, 0.15) is 25.7 Å². The first kappa shape index (κ1) is 25.2. The van der Waals surface area contributed by atoms with Gasteiger partial charge in [0.2, 0.25) is 5.91 Å². The molecule has 0 fully saturated rings. The summed E-state index contributed by atoms with van der Waals surface area (Å²) in [6.07, 6.45) is -2.68. The molecule has 34 heavy (non-hydrogen) atoms. The SMILES string of the molecule is N#CCCNC(=O)CCCSc1nc2cc[nH]c2c(=O)n1-c1ccc(OCCC(F)(F)F)cc1. The molecule has 0 saturated carbocycles. The molecule has 0 saturated heterocycles. The van der Waals surface area contributed by atoms with E-state index in [1.54, 1.807) is 24.4 Å². The Bertz CT molecular complexity index is 1220. The number of hydrogen-bond acceptors (Lipinski definition) is 6. The number of hydrogen-bond donors (Lipinski definition) is 2. The van der Waals surface area contributed by atoms with E-state index in [2.05, 4.69) is 15.3 Å². The molecule has 0 unspecified atom stereocenters. The van der Waals surface area contributed by atoms with E-state index in [1.165, 1.54) is 28.5 Å². The number of thioether (sulfide) groups is 1. The lowest BCUT2D eigenvalue weighted by Crippen LogP contribution is -2.24. The smallest absolute Gasteiger partial charge is 0.392 e. The number of aromatic nitrogens is 3. The summed E-state index contributed by atoms with van der Waals surface area (Å²) in [5.41, 5.74) is 0.989. The van der Waals surface area contributed by atoms with Crippen LogP contribution >= 0.6 is 11.8 Å². The molecule has 3 aromatic rings. The van der Waals surface area contributed by atoms with Crippen molar-refractivity contribution >= 4 is 28.7 Å². The molecule has 0 spiro atoms. The van der Waals surface area contributed by atoms with Crippen molar-refractivity contribution in [2.75, 3.05) is 18.9 Å². The highest BCUT2D eigenvalue weighted by Gasteiger charge is 2.26. The largest absolute Gasteiger partial charge is 0.493 e. The number of nitrogens with zero attached hydrogens (tertiary/aromatic N) is 3. The number of H-pyrrole nitrogens is 1. The molecule has 3 rings (SSSR count). The predicted octanol–water partition coefficient (Wildman–Crippen LogP) is 3.95. The number of amides is 1. The Morgan fingerprint density at radius 3 is 2.74 bits per heavy atom. The summed E-state index contributed by atoms with van der Waals surface area (Å²) in [7, 11) is 0. The Balaban J connectivity index is 1.72. The molecule has 0 aliphatic heterocycles. The van der Waals surface area contributed by atoms with Gasteiger partial charge in [-0.2, -0.15) is 18.4 Å². The maximum Gasteiger partial charge on any atom is 0.392 e. The molecule has 0 aliphatic carbocycles. The number of halogens is 3. The Morgan fingerprint density at radius 1 is 1.26 bits per heavy atom. The first-order chi connectivity index (χ1) is 16.3. The first-order valence-corrected chi connectivity index (χ1v) is 11.4. The molecule has 0 radical (unpaired) electrons. The number of ether oxygens (including phenoxy) is 1. The fourth-order valence-corrected chi connectivity index (χ4v) is 3.97. The lowest BCUT2D eigenvalue weighted by Gasteiger charge is -2.13. The maximum absolute atomic E-state index is 13.1. The molecule has 8 nitrogen and oxygen atoms in total. The molecular formula is C22H22F3N5O3S. The number of benzene rings is 1. The van der Waals surface area contributed by atoms with Crippen molar-refractivity contribution < 1.29 is 22.7 Å². The first-order valence-electron chi connectivity index (χ1n) is 10.4. The minimum Gasteiger partial charge on any atom is -0.493 e. The molecule has 1 aromatic carbocycles. The van der Waals surface area contributed by atoms with E-state index in [1.807, 2.05) is 6.07 Å². The zero-order valence-corrected chi connectivity index (χ0v) is 18.8. The van der Waals surface area contributed by atoms with Crippen LogP contribution in [0.4, 0.5) is 13.2 Å². The van der Waals surface area contributed by atoms with Crippen LogP contribution in [0.5, 0.6) is 5.75 Å². The average Bonchev–Trinajstić information content (AvgIpc) is 3.26. The van der Waals surface area contributed by atoms with E-state index in [0.717, 1.165) is 0 Å². The number of rotatable bonds is 11. The van der Waals surface area contributed by atoms with Crippen molar-refractivity contribution in [1.82, 2.24) is 19.9 Å². The summed E-state index contributed by atoms with van der Waals surface area (Å²) in [4.78, 5) is 32.3.